The number of hydrogen-bond acceptors (Lipinski definition) is 5. The average molecular weight is 465 g/mol. The molecule has 2 N–H and O–H groups in total. The Balaban J connectivity index is 1.18. The van der Waals surface area contributed by atoms with Crippen molar-refractivity contribution in [2.75, 3.05) is 13.2 Å². The molecule has 180 valence electrons. The molecule has 1 unspecified atom stereocenters. The first-order valence-corrected chi connectivity index (χ1v) is 12.0. The number of carbonyl (C=O) groups excluding carboxylic acids is 1. The third-order valence-corrected chi connectivity index (χ3v) is 6.40. The third kappa shape index (κ3) is 5.80. The van der Waals surface area contributed by atoms with E-state index >= 15 is 0 Å². The lowest BCUT2D eigenvalue weighted by atomic mass is 9.95. The van der Waals surface area contributed by atoms with Gasteiger partial charge in [0.15, 0.2) is 0 Å². The molecule has 3 aromatic rings. The summed E-state index contributed by atoms with van der Waals surface area (Å²) in [5, 5.41) is 17.0. The van der Waals surface area contributed by atoms with Crippen molar-refractivity contribution in [3.8, 4) is 0 Å². The Kier molecular flexibility index (Phi) is 7.90. The summed E-state index contributed by atoms with van der Waals surface area (Å²) in [6, 6.07) is 8.64. The van der Waals surface area contributed by atoms with Gasteiger partial charge in [-0.15, -0.1) is 0 Å². The number of amides is 1. The fourth-order valence-corrected chi connectivity index (χ4v) is 4.45. The van der Waals surface area contributed by atoms with Crippen molar-refractivity contribution in [3.63, 3.8) is 0 Å². The molecule has 0 fully saturated rings. The molecule has 0 spiro atoms. The molecule has 2 heterocycles. The van der Waals surface area contributed by atoms with Gasteiger partial charge in [-0.3, -0.25) is 14.5 Å². The number of ether oxygens (including phenoxy) is 1. The Morgan fingerprint density at radius 3 is 2.85 bits per heavy atom. The molecule has 0 saturated carbocycles. The molecule has 1 aliphatic rings. The van der Waals surface area contributed by atoms with Crippen molar-refractivity contribution < 1.29 is 19.4 Å². The highest BCUT2D eigenvalue weighted by Crippen LogP contribution is 2.20. The Hall–Kier alpha value is -3.26. The van der Waals surface area contributed by atoms with Crippen molar-refractivity contribution in [3.05, 3.63) is 59.0 Å². The molecule has 0 radical (unpaired) electrons. The van der Waals surface area contributed by atoms with Crippen molar-refractivity contribution >= 4 is 22.8 Å². The molecule has 0 saturated heterocycles. The Morgan fingerprint density at radius 2 is 2.00 bits per heavy atom. The van der Waals surface area contributed by atoms with Gasteiger partial charge in [-0.2, -0.15) is 5.10 Å². The minimum absolute atomic E-state index is 0.205. The molecule has 0 aliphatic heterocycles. The minimum atomic E-state index is -1.08. The van der Waals surface area contributed by atoms with E-state index in [9.17, 15) is 14.7 Å². The Morgan fingerprint density at radius 1 is 1.15 bits per heavy atom. The van der Waals surface area contributed by atoms with E-state index in [4.69, 9.17) is 9.72 Å². The summed E-state index contributed by atoms with van der Waals surface area (Å²) in [7, 11) is 1.80. The van der Waals surface area contributed by atoms with E-state index in [-0.39, 0.29) is 13.0 Å². The van der Waals surface area contributed by atoms with Crippen LogP contribution in [0, 0.1) is 0 Å². The van der Waals surface area contributed by atoms with Crippen molar-refractivity contribution in [1.29, 1.82) is 0 Å². The van der Waals surface area contributed by atoms with Gasteiger partial charge in [0.2, 0.25) is 0 Å². The van der Waals surface area contributed by atoms with E-state index in [2.05, 4.69) is 22.5 Å². The first kappa shape index (κ1) is 23.9. The fraction of sp³-hybridized carbons (Fsp3) is 0.462. The summed E-state index contributed by atoms with van der Waals surface area (Å²) in [5.74, 6) is -1.50. The average Bonchev–Trinajstić information content (AvgIpc) is 3.23. The van der Waals surface area contributed by atoms with Crippen LogP contribution in [0.5, 0.6) is 0 Å². The zero-order valence-electron chi connectivity index (χ0n) is 19.6. The second kappa shape index (κ2) is 11.2. The van der Waals surface area contributed by atoms with Crippen molar-refractivity contribution in [2.24, 2.45) is 7.05 Å². The highest BCUT2D eigenvalue weighted by atomic mass is 16.5. The van der Waals surface area contributed by atoms with Crippen molar-refractivity contribution in [1.82, 2.24) is 20.1 Å². The number of fused-ring (bicyclic) bond motifs is 2. The first-order chi connectivity index (χ1) is 16.5. The fourth-order valence-electron chi connectivity index (χ4n) is 4.45. The van der Waals surface area contributed by atoms with Crippen LogP contribution >= 0.6 is 0 Å². The van der Waals surface area contributed by atoms with E-state index in [1.54, 1.807) is 30.1 Å². The van der Waals surface area contributed by atoms with Gasteiger partial charge in [-0.25, -0.2) is 4.79 Å². The lowest BCUT2D eigenvalue weighted by Crippen LogP contribution is -2.41. The summed E-state index contributed by atoms with van der Waals surface area (Å²) < 4.78 is 7.33. The predicted molar refractivity (Wildman–Crippen MR) is 129 cm³/mol. The standard InChI is InChI=1S/C26H32N4O4/c1-30-24-11-6-9-20(21(24)17-27-30)25(31)29-23(26(32)33)14-16-34-15-5-4-8-19-13-12-18-7-2-3-10-22(18)28-19/h6,9,11-13,17,23H,2-5,7-8,10,14-16H2,1H3,(H,29,31)(H,32,33). The number of aromatic nitrogens is 3. The first-order valence-electron chi connectivity index (χ1n) is 12.0. The van der Waals surface area contributed by atoms with Gasteiger partial charge in [-0.05, 0) is 68.7 Å². The summed E-state index contributed by atoms with van der Waals surface area (Å²) in [4.78, 5) is 29.2. The van der Waals surface area contributed by atoms with E-state index in [1.165, 1.54) is 24.1 Å². The largest absolute Gasteiger partial charge is 0.480 e. The van der Waals surface area contributed by atoms with Gasteiger partial charge < -0.3 is 15.2 Å². The summed E-state index contributed by atoms with van der Waals surface area (Å²) in [6.07, 6.45) is 9.32. The van der Waals surface area contributed by atoms with Crippen LogP contribution in [0.3, 0.4) is 0 Å². The summed E-state index contributed by atoms with van der Waals surface area (Å²) in [6.45, 7) is 0.825. The number of carboxylic acid groups (broad SMARTS) is 1. The number of aliphatic carboxylic acids is 1. The highest BCUT2D eigenvalue weighted by Gasteiger charge is 2.22. The molecule has 34 heavy (non-hydrogen) atoms. The predicted octanol–water partition coefficient (Wildman–Crippen LogP) is 3.46. The number of nitrogens with one attached hydrogen (secondary N) is 1. The minimum Gasteiger partial charge on any atom is -0.480 e. The topological polar surface area (TPSA) is 106 Å². The lowest BCUT2D eigenvalue weighted by molar-refractivity contribution is -0.139. The maximum absolute atomic E-state index is 12.7. The number of nitrogens with zero attached hydrogens (tertiary/aromatic N) is 3. The molecule has 0 bridgehead atoms. The van der Waals surface area contributed by atoms with Gasteiger partial charge in [-0.1, -0.05) is 12.1 Å². The number of unbranched alkanes of at least 4 members (excludes halogenated alkanes) is 1. The molecule has 1 amide bonds. The summed E-state index contributed by atoms with van der Waals surface area (Å²) >= 11 is 0. The third-order valence-electron chi connectivity index (χ3n) is 6.40. The van der Waals surface area contributed by atoms with Crippen LogP contribution in [0.2, 0.25) is 0 Å². The molecule has 1 aliphatic carbocycles. The van der Waals surface area contributed by atoms with E-state index in [0.29, 0.717) is 17.6 Å². The van der Waals surface area contributed by atoms with Crippen LogP contribution < -0.4 is 5.32 Å². The van der Waals surface area contributed by atoms with Gasteiger partial charge in [0.25, 0.3) is 5.91 Å². The smallest absolute Gasteiger partial charge is 0.326 e. The Labute approximate surface area is 199 Å². The van der Waals surface area contributed by atoms with Crippen LogP contribution in [0.4, 0.5) is 0 Å². The lowest BCUT2D eigenvalue weighted by Gasteiger charge is -2.16. The molecule has 2 aromatic heterocycles. The number of carbonyl (C=O) groups is 2. The van der Waals surface area contributed by atoms with Crippen LogP contribution in [-0.2, 0) is 35.8 Å². The van der Waals surface area contributed by atoms with Gasteiger partial charge >= 0.3 is 5.97 Å². The maximum Gasteiger partial charge on any atom is 0.326 e. The SMILES string of the molecule is Cn1ncc2c(C(=O)NC(CCOCCCCc3ccc4c(n3)CCCC4)C(=O)O)cccc21. The Bertz CT molecular complexity index is 1160. The molecular formula is C26H32N4O4. The highest BCUT2D eigenvalue weighted by molar-refractivity contribution is 6.07. The molecule has 8 nitrogen and oxygen atoms in total. The molecule has 8 heteroatoms. The second-order valence-corrected chi connectivity index (χ2v) is 8.84. The van der Waals surface area contributed by atoms with E-state index in [0.717, 1.165) is 43.3 Å². The summed E-state index contributed by atoms with van der Waals surface area (Å²) in [5.41, 5.74) is 5.02. The van der Waals surface area contributed by atoms with E-state index < -0.39 is 17.9 Å². The van der Waals surface area contributed by atoms with Gasteiger partial charge in [0.1, 0.15) is 6.04 Å². The van der Waals surface area contributed by atoms with Gasteiger partial charge in [0.05, 0.1) is 17.3 Å². The van der Waals surface area contributed by atoms with Crippen LogP contribution in [0.15, 0.2) is 36.5 Å². The molecule has 1 aromatic carbocycles. The molecule has 1 atom stereocenters. The monoisotopic (exact) mass is 464 g/mol. The van der Waals surface area contributed by atoms with E-state index in [1.807, 2.05) is 6.07 Å². The zero-order valence-corrected chi connectivity index (χ0v) is 19.6. The maximum atomic E-state index is 12.7. The number of hydrogen-bond donors (Lipinski definition) is 2. The van der Waals surface area contributed by atoms with Crippen LogP contribution in [-0.4, -0.2) is 51.0 Å². The normalized spacial score (nSPS) is 14.0. The number of pyridine rings is 1. The number of rotatable bonds is 11. The number of aryl methyl sites for hydroxylation is 4. The second-order valence-electron chi connectivity index (χ2n) is 8.84. The van der Waals surface area contributed by atoms with Gasteiger partial charge in [0, 0.05) is 43.5 Å². The number of carboxylic acids is 1. The zero-order chi connectivity index (χ0) is 23.9. The van der Waals surface area contributed by atoms with Crippen molar-refractivity contribution in [2.45, 2.75) is 57.4 Å². The molecule has 4 rings (SSSR count). The quantitative estimate of drug-likeness (QED) is 0.421. The van der Waals surface area contributed by atoms with Crippen LogP contribution in [0.25, 0.3) is 10.9 Å². The molecular weight excluding hydrogens is 432 g/mol. The number of benzene rings is 1. The van der Waals surface area contributed by atoms with Crippen LogP contribution in [0.1, 0.15) is 59.4 Å².